The number of unbranched alkanes of at least 4 members (excludes halogenated alkanes) is 1. The van der Waals surface area contributed by atoms with Crippen molar-refractivity contribution in [2.75, 3.05) is 26.7 Å². The van der Waals surface area contributed by atoms with E-state index in [4.69, 9.17) is 9.47 Å². The lowest BCUT2D eigenvalue weighted by atomic mass is 10.0. The highest BCUT2D eigenvalue weighted by atomic mass is 16.6. The van der Waals surface area contributed by atoms with Crippen LogP contribution in [0.5, 0.6) is 0 Å². The van der Waals surface area contributed by atoms with Gasteiger partial charge in [0.05, 0.1) is 13.7 Å². The van der Waals surface area contributed by atoms with Gasteiger partial charge in [0.1, 0.15) is 11.6 Å². The quantitative estimate of drug-likeness (QED) is 0.682. The number of nitrogens with one attached hydrogen (secondary N) is 1. The zero-order valence-corrected chi connectivity index (χ0v) is 15.9. The van der Waals surface area contributed by atoms with Gasteiger partial charge >= 0.3 is 11.9 Å². The first-order chi connectivity index (χ1) is 11.2. The fraction of sp³-hybridized carbons (Fsp3) is 0.889. The molecule has 1 aliphatic rings. The van der Waals surface area contributed by atoms with Gasteiger partial charge in [0.25, 0.3) is 0 Å². The van der Waals surface area contributed by atoms with Crippen LogP contribution in [-0.4, -0.2) is 61.3 Å². The van der Waals surface area contributed by atoms with E-state index < -0.39 is 5.60 Å². The maximum atomic E-state index is 12.4. The van der Waals surface area contributed by atoms with Crippen LogP contribution >= 0.6 is 0 Å². The number of likely N-dealkylation sites (tertiary alicyclic amines) is 1. The number of rotatable bonds is 8. The molecule has 0 aromatic heterocycles. The number of ether oxygens (including phenoxy) is 2. The van der Waals surface area contributed by atoms with E-state index in [-0.39, 0.29) is 24.0 Å². The van der Waals surface area contributed by atoms with Gasteiger partial charge in [-0.2, -0.15) is 0 Å². The maximum Gasteiger partial charge on any atom is 0.323 e. The smallest absolute Gasteiger partial charge is 0.323 e. The molecule has 1 heterocycles. The number of hydrogen-bond donors (Lipinski definition) is 1. The molecule has 0 aromatic rings. The molecule has 1 aliphatic heterocycles. The molecule has 0 spiro atoms. The van der Waals surface area contributed by atoms with Crippen molar-refractivity contribution in [1.82, 2.24) is 10.2 Å². The largest absolute Gasteiger partial charge is 0.468 e. The van der Waals surface area contributed by atoms with E-state index in [1.54, 1.807) is 0 Å². The van der Waals surface area contributed by atoms with Gasteiger partial charge in [0.15, 0.2) is 0 Å². The summed E-state index contributed by atoms with van der Waals surface area (Å²) in [5.41, 5.74) is -0.465. The number of piperidine rings is 1. The highest BCUT2D eigenvalue weighted by Crippen LogP contribution is 2.15. The standard InChI is InChI=1S/C18H34N2O4/c1-6-7-8-15(17(22)24-18(2,3)4)19-14-9-11-20(12-10-14)13-16(21)23-5/h14-15,19H,6-13H2,1-5H3/t15-/m0/s1. The fourth-order valence-electron chi connectivity index (χ4n) is 2.84. The minimum absolute atomic E-state index is 0.159. The lowest BCUT2D eigenvalue weighted by Crippen LogP contribution is -2.50. The number of esters is 2. The zero-order valence-electron chi connectivity index (χ0n) is 15.9. The third kappa shape index (κ3) is 8.11. The summed E-state index contributed by atoms with van der Waals surface area (Å²) in [6.07, 6.45) is 4.69. The third-order valence-corrected chi connectivity index (χ3v) is 4.14. The average Bonchev–Trinajstić information content (AvgIpc) is 2.51. The molecule has 0 aliphatic carbocycles. The Bertz CT molecular complexity index is 398. The van der Waals surface area contributed by atoms with Crippen molar-refractivity contribution in [2.45, 2.75) is 77.5 Å². The molecule has 0 saturated carbocycles. The summed E-state index contributed by atoms with van der Waals surface area (Å²) in [5, 5.41) is 3.48. The lowest BCUT2D eigenvalue weighted by molar-refractivity contribution is -0.158. The molecule has 0 aromatic carbocycles. The van der Waals surface area contributed by atoms with E-state index in [1.807, 2.05) is 20.8 Å². The number of carbonyl (C=O) groups excluding carboxylic acids is 2. The Kier molecular flexibility index (Phi) is 8.70. The van der Waals surface area contributed by atoms with Crippen molar-refractivity contribution in [3.8, 4) is 0 Å². The van der Waals surface area contributed by atoms with Gasteiger partial charge in [-0.3, -0.25) is 14.5 Å². The molecule has 6 nitrogen and oxygen atoms in total. The second-order valence-corrected chi connectivity index (χ2v) is 7.52. The van der Waals surface area contributed by atoms with Gasteiger partial charge in [-0.05, 0) is 40.0 Å². The molecule has 6 heteroatoms. The van der Waals surface area contributed by atoms with Gasteiger partial charge < -0.3 is 14.8 Å². The van der Waals surface area contributed by atoms with Crippen molar-refractivity contribution in [1.29, 1.82) is 0 Å². The fourth-order valence-corrected chi connectivity index (χ4v) is 2.84. The molecule has 0 bridgehead atoms. The lowest BCUT2D eigenvalue weighted by Gasteiger charge is -2.34. The Morgan fingerprint density at radius 3 is 2.38 bits per heavy atom. The van der Waals surface area contributed by atoms with Gasteiger partial charge in [-0.1, -0.05) is 19.8 Å². The highest BCUT2D eigenvalue weighted by Gasteiger charge is 2.29. The molecule has 1 N–H and O–H groups in total. The molecular formula is C18H34N2O4. The van der Waals surface area contributed by atoms with E-state index in [0.29, 0.717) is 6.54 Å². The summed E-state index contributed by atoms with van der Waals surface area (Å²) in [5.74, 6) is -0.357. The van der Waals surface area contributed by atoms with Crippen LogP contribution < -0.4 is 5.32 Å². The third-order valence-electron chi connectivity index (χ3n) is 4.14. The topological polar surface area (TPSA) is 67.9 Å². The summed E-state index contributed by atoms with van der Waals surface area (Å²) in [7, 11) is 1.41. The molecule has 1 atom stereocenters. The predicted octanol–water partition coefficient (Wildman–Crippen LogP) is 2.11. The highest BCUT2D eigenvalue weighted by molar-refractivity contribution is 5.76. The monoisotopic (exact) mass is 342 g/mol. The van der Waals surface area contributed by atoms with Crippen LogP contribution in [0, 0.1) is 0 Å². The van der Waals surface area contributed by atoms with Crippen molar-refractivity contribution in [3.63, 3.8) is 0 Å². The summed E-state index contributed by atoms with van der Waals surface area (Å²) in [4.78, 5) is 25.9. The second-order valence-electron chi connectivity index (χ2n) is 7.52. The van der Waals surface area contributed by atoms with Crippen molar-refractivity contribution >= 4 is 11.9 Å². The van der Waals surface area contributed by atoms with Crippen LogP contribution in [0.15, 0.2) is 0 Å². The maximum absolute atomic E-state index is 12.4. The van der Waals surface area contributed by atoms with Gasteiger partial charge in [-0.25, -0.2) is 0 Å². The van der Waals surface area contributed by atoms with E-state index in [0.717, 1.165) is 45.2 Å². The Morgan fingerprint density at radius 1 is 1.25 bits per heavy atom. The number of carbonyl (C=O) groups is 2. The summed E-state index contributed by atoms with van der Waals surface area (Å²) < 4.78 is 10.3. The van der Waals surface area contributed by atoms with Crippen LogP contribution in [0.25, 0.3) is 0 Å². The molecule has 0 amide bonds. The minimum Gasteiger partial charge on any atom is -0.468 e. The average molecular weight is 342 g/mol. The van der Waals surface area contributed by atoms with Gasteiger partial charge in [0.2, 0.25) is 0 Å². The van der Waals surface area contributed by atoms with E-state index in [2.05, 4.69) is 17.1 Å². The van der Waals surface area contributed by atoms with Gasteiger partial charge in [0, 0.05) is 19.1 Å². The molecule has 1 rings (SSSR count). The number of nitrogens with zero attached hydrogens (tertiary/aromatic N) is 1. The molecule has 0 radical (unpaired) electrons. The van der Waals surface area contributed by atoms with E-state index in [9.17, 15) is 9.59 Å². The van der Waals surface area contributed by atoms with Gasteiger partial charge in [-0.15, -0.1) is 0 Å². The van der Waals surface area contributed by atoms with Crippen molar-refractivity contribution < 1.29 is 19.1 Å². The molecule has 140 valence electrons. The molecular weight excluding hydrogens is 308 g/mol. The van der Waals surface area contributed by atoms with Crippen LogP contribution in [0.1, 0.15) is 59.8 Å². The second kappa shape index (κ2) is 9.99. The number of hydrogen-bond acceptors (Lipinski definition) is 6. The first-order valence-corrected chi connectivity index (χ1v) is 9.03. The molecule has 1 fully saturated rings. The van der Waals surface area contributed by atoms with Crippen molar-refractivity contribution in [3.05, 3.63) is 0 Å². The summed E-state index contributed by atoms with van der Waals surface area (Å²) >= 11 is 0. The normalized spacial score (nSPS) is 18.2. The first kappa shape index (κ1) is 20.9. The SMILES string of the molecule is CCCC[C@H](NC1CCN(CC(=O)OC)CC1)C(=O)OC(C)(C)C. The summed E-state index contributed by atoms with van der Waals surface area (Å²) in [6.45, 7) is 9.82. The molecule has 1 saturated heterocycles. The van der Waals surface area contributed by atoms with Crippen LogP contribution in [0.3, 0.4) is 0 Å². The zero-order chi connectivity index (χ0) is 18.2. The van der Waals surface area contributed by atoms with Crippen LogP contribution in [-0.2, 0) is 19.1 Å². The van der Waals surface area contributed by atoms with Crippen LogP contribution in [0.2, 0.25) is 0 Å². The van der Waals surface area contributed by atoms with Crippen LogP contribution in [0.4, 0.5) is 0 Å². The number of methoxy groups -OCH3 is 1. The predicted molar refractivity (Wildman–Crippen MR) is 93.8 cm³/mol. The Labute approximate surface area is 146 Å². The Morgan fingerprint density at radius 2 is 1.88 bits per heavy atom. The molecule has 24 heavy (non-hydrogen) atoms. The molecule has 0 unspecified atom stereocenters. The van der Waals surface area contributed by atoms with Crippen molar-refractivity contribution in [2.24, 2.45) is 0 Å². The Balaban J connectivity index is 2.49. The Hall–Kier alpha value is -1.14. The van der Waals surface area contributed by atoms with E-state index in [1.165, 1.54) is 7.11 Å². The first-order valence-electron chi connectivity index (χ1n) is 9.03. The summed E-state index contributed by atoms with van der Waals surface area (Å²) in [6, 6.07) is 0.0367. The minimum atomic E-state index is -0.465. The van der Waals surface area contributed by atoms with E-state index >= 15 is 0 Å².